The van der Waals surface area contributed by atoms with Gasteiger partial charge >= 0.3 is 0 Å². The second-order valence-corrected chi connectivity index (χ2v) is 24.2. The minimum Gasteiger partial charge on any atom is -0.312 e. The molecule has 0 amide bonds. The molecule has 0 spiro atoms. The molecule has 13 rings (SSSR count). The molecular formula is C39H16N13S13. The van der Waals surface area contributed by atoms with Crippen molar-refractivity contribution in [1.82, 2.24) is 59.8 Å². The number of thioether (sulfide) groups is 1. The number of rotatable bonds is 12. The number of anilines is 1. The predicted octanol–water partition coefficient (Wildman–Crippen LogP) is 14.1. The Morgan fingerprint density at radius 2 is 0.692 bits per heavy atom. The Hall–Kier alpha value is -4.55. The lowest BCUT2D eigenvalue weighted by Crippen LogP contribution is -2.16. The molecule has 12 aromatic rings. The van der Waals surface area contributed by atoms with Gasteiger partial charge in [0.1, 0.15) is 124 Å². The first-order valence-electron chi connectivity index (χ1n) is 18.5. The molecule has 0 aromatic carbocycles. The maximum absolute atomic E-state index is 4.96. The second kappa shape index (κ2) is 17.3. The van der Waals surface area contributed by atoms with Crippen molar-refractivity contribution in [3.05, 3.63) is 86.7 Å². The average Bonchev–Trinajstić information content (AvgIpc) is 4.17. The van der Waals surface area contributed by atoms with E-state index in [1.54, 1.807) is 136 Å². The summed E-state index contributed by atoms with van der Waals surface area (Å²) in [5, 5.41) is 35.8. The molecule has 315 valence electrons. The number of hydrogen-bond acceptors (Lipinski definition) is 26. The molecule has 0 aliphatic carbocycles. The van der Waals surface area contributed by atoms with Crippen LogP contribution in [0.3, 0.4) is 0 Å². The van der Waals surface area contributed by atoms with Crippen LogP contribution in [-0.2, 0) is 0 Å². The molecule has 13 nitrogen and oxygen atoms in total. The summed E-state index contributed by atoms with van der Waals surface area (Å²) < 4.78 is 0. The Balaban J connectivity index is 0.662. The van der Waals surface area contributed by atoms with Crippen molar-refractivity contribution in [2.75, 3.05) is 10.8 Å². The minimum absolute atomic E-state index is 0.814. The van der Waals surface area contributed by atoms with Gasteiger partial charge in [-0.2, -0.15) is 0 Å². The minimum atomic E-state index is 0.814. The van der Waals surface area contributed by atoms with Crippen LogP contribution in [0.5, 0.6) is 0 Å². The van der Waals surface area contributed by atoms with Crippen molar-refractivity contribution >= 4 is 159 Å². The highest BCUT2D eigenvalue weighted by Crippen LogP contribution is 2.42. The average molecular weight is 1080 g/mol. The second-order valence-electron chi connectivity index (χ2n) is 13.2. The molecule has 26 heteroatoms. The molecule has 0 saturated heterocycles. The highest BCUT2D eigenvalue weighted by Gasteiger charge is 2.25. The Labute approximate surface area is 419 Å². The molecule has 0 N–H and O–H groups in total. The fourth-order valence-electron chi connectivity index (χ4n) is 6.23. The largest absolute Gasteiger partial charge is 0.312 e. The number of nitrogens with zero attached hydrogens (tertiary/aromatic N) is 13. The van der Waals surface area contributed by atoms with E-state index in [-0.39, 0.29) is 0 Å². The van der Waals surface area contributed by atoms with Crippen LogP contribution < -0.4 is 4.90 Å². The first kappa shape index (κ1) is 40.7. The summed E-state index contributed by atoms with van der Waals surface area (Å²) in [4.78, 5) is 60.0. The zero-order chi connectivity index (χ0) is 42.8. The lowest BCUT2D eigenvalue weighted by molar-refractivity contribution is 1.14. The summed E-state index contributed by atoms with van der Waals surface area (Å²) in [6.45, 7) is 0. The van der Waals surface area contributed by atoms with Gasteiger partial charge in [0.25, 0.3) is 0 Å². The third-order valence-electron chi connectivity index (χ3n) is 9.23. The summed E-state index contributed by atoms with van der Waals surface area (Å²) >= 11 is 20.5. The fourth-order valence-corrected chi connectivity index (χ4v) is 16.7. The van der Waals surface area contributed by atoms with Gasteiger partial charge in [-0.15, -0.1) is 148 Å². The van der Waals surface area contributed by atoms with Gasteiger partial charge in [0.2, 0.25) is 0 Å². The van der Waals surface area contributed by atoms with E-state index in [0.717, 1.165) is 129 Å². The molecule has 0 saturated carbocycles. The Kier molecular flexibility index (Phi) is 10.8. The van der Waals surface area contributed by atoms with Crippen LogP contribution in [0.15, 0.2) is 75.5 Å². The first-order chi connectivity index (χ1) is 32.1. The Morgan fingerprint density at radius 1 is 0.369 bits per heavy atom. The van der Waals surface area contributed by atoms with Crippen LogP contribution in [0, 0.1) is 6.20 Å². The lowest BCUT2D eigenvalue weighted by atomic mass is 10.4. The molecular weight excluding hydrogens is 1070 g/mol. The van der Waals surface area contributed by atoms with Crippen molar-refractivity contribution in [2.24, 2.45) is 0 Å². The van der Waals surface area contributed by atoms with E-state index in [9.17, 15) is 0 Å². The Bertz CT molecular complexity index is 3620. The molecule has 0 unspecified atom stereocenters. The molecule has 65 heavy (non-hydrogen) atoms. The lowest BCUT2D eigenvalue weighted by Gasteiger charge is -2.16. The van der Waals surface area contributed by atoms with E-state index in [1.165, 1.54) is 11.3 Å². The maximum Gasteiger partial charge on any atom is 0.144 e. The molecule has 0 fully saturated rings. The molecule has 0 bridgehead atoms. The first-order valence-corrected chi connectivity index (χ1v) is 30.2. The van der Waals surface area contributed by atoms with Crippen LogP contribution in [0.25, 0.3) is 113 Å². The van der Waals surface area contributed by atoms with Crippen LogP contribution in [-0.4, -0.2) is 65.7 Å². The quantitative estimate of drug-likeness (QED) is 0.114. The van der Waals surface area contributed by atoms with E-state index < -0.39 is 0 Å². The van der Waals surface area contributed by atoms with Gasteiger partial charge in [-0.1, -0.05) is 0 Å². The molecule has 1 radical (unpaired) electrons. The van der Waals surface area contributed by atoms with Gasteiger partial charge in [-0.05, 0) is 5.41 Å². The summed E-state index contributed by atoms with van der Waals surface area (Å²) in [5.74, 6) is 1.79. The van der Waals surface area contributed by atoms with Crippen molar-refractivity contribution < 1.29 is 0 Å². The van der Waals surface area contributed by atoms with E-state index in [1.807, 2.05) is 59.3 Å². The highest BCUT2D eigenvalue weighted by atomic mass is 32.2. The summed E-state index contributed by atoms with van der Waals surface area (Å²) in [5.41, 5.74) is 11.2. The SMILES string of the molecule is [c]1csc(-c2csc(-c3csc(-c4csc(-c5csc(-c6csc(-c7csc(-c8csc(-c9csc(-c%10csc(-c%11csc(C%12=CSCN%12c%12cscn%12)n%11)n%10)n9)n8)n7)n6)n5)n4)n3)n2)n1. The third kappa shape index (κ3) is 7.91. The smallest absolute Gasteiger partial charge is 0.144 e. The summed E-state index contributed by atoms with van der Waals surface area (Å²) in [7, 11) is 0. The standard InChI is InChI=1S/C39H16N13S13/c1-2-55-29(40-1)17-3-56-30(42-17)18-4-57-31(43-18)19-5-58-32(44-19)20-6-59-33(45-20)21-7-60-34(46-21)22-8-61-35(47-22)23-9-62-36(48-23)24-10-63-37(49-24)25-11-64-38(50-25)26-12-65-39(51-26)27-13-54-16-52(27)28-14-53-15-41-28/h2-15H,16H2. The van der Waals surface area contributed by atoms with Crippen LogP contribution in [0.1, 0.15) is 5.01 Å². The zero-order valence-electron chi connectivity index (χ0n) is 31.9. The van der Waals surface area contributed by atoms with Crippen molar-refractivity contribution in [3.8, 4) is 107 Å². The molecule has 12 aromatic heterocycles. The van der Waals surface area contributed by atoms with Gasteiger partial charge in [-0.3, -0.25) is 0 Å². The van der Waals surface area contributed by atoms with Crippen LogP contribution in [0.4, 0.5) is 5.82 Å². The van der Waals surface area contributed by atoms with Crippen LogP contribution in [0.2, 0.25) is 0 Å². The normalized spacial score (nSPS) is 12.9. The van der Waals surface area contributed by atoms with E-state index >= 15 is 0 Å². The third-order valence-corrected chi connectivity index (χ3v) is 20.0. The van der Waals surface area contributed by atoms with Gasteiger partial charge in [0.15, 0.2) is 0 Å². The summed E-state index contributed by atoms with van der Waals surface area (Å²) in [6, 6.07) is 0. The van der Waals surface area contributed by atoms with E-state index in [2.05, 4.69) is 37.2 Å². The van der Waals surface area contributed by atoms with Gasteiger partial charge in [0, 0.05) is 64.6 Å². The monoisotopic (exact) mass is 1080 g/mol. The molecule has 0 atom stereocenters. The van der Waals surface area contributed by atoms with Crippen molar-refractivity contribution in [1.29, 1.82) is 0 Å². The highest BCUT2D eigenvalue weighted by molar-refractivity contribution is 8.02. The van der Waals surface area contributed by atoms with Crippen molar-refractivity contribution in [3.63, 3.8) is 0 Å². The number of hydrogen-bond donors (Lipinski definition) is 0. The predicted molar refractivity (Wildman–Crippen MR) is 277 cm³/mol. The molecule has 1 aliphatic heterocycles. The van der Waals surface area contributed by atoms with Crippen molar-refractivity contribution in [2.45, 2.75) is 0 Å². The van der Waals surface area contributed by atoms with E-state index in [0.29, 0.717) is 0 Å². The maximum atomic E-state index is 4.96. The fraction of sp³-hybridized carbons (Fsp3) is 0.0256. The topological polar surface area (TPSA) is 158 Å². The van der Waals surface area contributed by atoms with E-state index in [4.69, 9.17) is 49.8 Å². The number of thiazole rings is 12. The van der Waals surface area contributed by atoms with Gasteiger partial charge < -0.3 is 4.90 Å². The Morgan fingerprint density at radius 3 is 1.00 bits per heavy atom. The van der Waals surface area contributed by atoms with Gasteiger partial charge in [0.05, 0.1) is 17.1 Å². The number of aromatic nitrogens is 12. The van der Waals surface area contributed by atoms with Crippen LogP contribution >= 0.6 is 148 Å². The molecule has 13 heterocycles. The summed E-state index contributed by atoms with van der Waals surface area (Å²) in [6.07, 6.45) is 2.86. The van der Waals surface area contributed by atoms with Gasteiger partial charge in [-0.25, -0.2) is 59.8 Å². The zero-order valence-corrected chi connectivity index (χ0v) is 42.5. The molecule has 1 aliphatic rings.